The molecule has 0 bridgehead atoms. The van der Waals surface area contributed by atoms with Gasteiger partial charge < -0.3 is 4.74 Å². The summed E-state index contributed by atoms with van der Waals surface area (Å²) in [4.78, 5) is 37.8. The van der Waals surface area contributed by atoms with E-state index in [1.807, 2.05) is 31.0 Å². The molecule has 206 valence electrons. The quantitative estimate of drug-likeness (QED) is 0.309. The molecule has 0 saturated carbocycles. The summed E-state index contributed by atoms with van der Waals surface area (Å²) in [6.45, 7) is 14.3. The first-order chi connectivity index (χ1) is 18.3. The van der Waals surface area contributed by atoms with Crippen LogP contribution in [0.15, 0.2) is 46.0 Å². The highest BCUT2D eigenvalue weighted by Gasteiger charge is 2.17. The Morgan fingerprint density at radius 2 is 1.72 bits per heavy atom. The lowest BCUT2D eigenvalue weighted by Crippen LogP contribution is -2.33. The third kappa shape index (κ3) is 8.16. The maximum absolute atomic E-state index is 12.1. The molecule has 0 fully saturated rings. The third-order valence-corrected chi connectivity index (χ3v) is 6.56. The van der Waals surface area contributed by atoms with Crippen LogP contribution in [0.25, 0.3) is 11.3 Å². The maximum atomic E-state index is 12.1. The van der Waals surface area contributed by atoms with Gasteiger partial charge in [-0.15, -0.1) is 5.10 Å². The second kappa shape index (κ2) is 13.9. The monoisotopic (exact) mass is 570 g/mol. The molecule has 2 aromatic carbocycles. The maximum Gasteiger partial charge on any atom is 0.349 e. The van der Waals surface area contributed by atoms with Crippen molar-refractivity contribution in [3.8, 4) is 23.3 Å². The van der Waals surface area contributed by atoms with E-state index in [9.17, 15) is 14.4 Å². The van der Waals surface area contributed by atoms with E-state index in [0.717, 1.165) is 27.6 Å². The van der Waals surface area contributed by atoms with Crippen LogP contribution in [0, 0.1) is 30.1 Å². The van der Waals surface area contributed by atoms with Crippen LogP contribution in [0.1, 0.15) is 64.8 Å². The van der Waals surface area contributed by atoms with E-state index in [-0.39, 0.29) is 27.3 Å². The summed E-state index contributed by atoms with van der Waals surface area (Å²) in [7, 11) is 0. The number of hydrogen-bond acceptors (Lipinski definition) is 6. The Kier molecular flexibility index (Phi) is 11.3. The molecule has 0 aliphatic heterocycles. The van der Waals surface area contributed by atoms with E-state index in [2.05, 4.69) is 32.8 Å². The Labute approximate surface area is 237 Å². The highest BCUT2D eigenvalue weighted by atomic mass is 35.5. The van der Waals surface area contributed by atoms with Gasteiger partial charge in [0.15, 0.2) is 11.5 Å². The average molecular weight is 572 g/mol. The SMILES string of the molecule is CC(C)C(C)C.CC/C=C(/C(C)=O)c1cc(Oc2c(Cl)cc(-n3nc(C#N)c(=O)[nH]c3=O)cc2Cl)ccc1C. The Morgan fingerprint density at radius 3 is 2.21 bits per heavy atom. The molecule has 0 aliphatic carbocycles. The third-order valence-electron chi connectivity index (χ3n) is 6.00. The summed E-state index contributed by atoms with van der Waals surface area (Å²) in [5, 5.41) is 12.9. The number of aryl methyl sites for hydroxylation is 1. The van der Waals surface area contributed by atoms with Crippen LogP contribution in [0.3, 0.4) is 0 Å². The van der Waals surface area contributed by atoms with E-state index in [0.29, 0.717) is 17.7 Å². The number of benzene rings is 2. The Morgan fingerprint density at radius 1 is 1.13 bits per heavy atom. The summed E-state index contributed by atoms with van der Waals surface area (Å²) < 4.78 is 6.71. The standard InChI is InChI=1S/C23H18Cl2N4O4.C6H14/c1-4-5-16(13(3)30)17-10-15(7-6-12(17)2)33-21-18(24)8-14(9-19(21)25)29-23(32)27-22(31)20(11-26)28-29;1-5(2)6(3)4/h5-10H,4H2,1-3H3,(H,27,31,32);5-6H,1-4H3/b16-5-;. The molecular weight excluding hydrogens is 539 g/mol. The first kappa shape index (κ1) is 31.5. The van der Waals surface area contributed by atoms with Gasteiger partial charge in [-0.3, -0.25) is 14.6 Å². The summed E-state index contributed by atoms with van der Waals surface area (Å²) in [6.07, 6.45) is 2.55. The number of Topliss-reactive ketones (excluding diaryl/α,β-unsaturated/α-hetero) is 1. The number of rotatable bonds is 7. The molecular formula is C29H32Cl2N4O4. The number of nitrogens with one attached hydrogen (secondary N) is 1. The number of aromatic nitrogens is 3. The zero-order chi connectivity index (χ0) is 29.4. The molecule has 0 aliphatic rings. The van der Waals surface area contributed by atoms with E-state index >= 15 is 0 Å². The Bertz CT molecular complexity index is 1520. The van der Waals surface area contributed by atoms with Gasteiger partial charge >= 0.3 is 5.69 Å². The predicted molar refractivity (Wildman–Crippen MR) is 155 cm³/mol. The van der Waals surface area contributed by atoms with Gasteiger partial charge in [0.05, 0.1) is 15.7 Å². The molecule has 3 rings (SSSR count). The number of nitrogens with zero attached hydrogens (tertiary/aromatic N) is 3. The van der Waals surface area contributed by atoms with Crippen LogP contribution >= 0.6 is 23.2 Å². The number of H-pyrrole nitrogens is 1. The van der Waals surface area contributed by atoms with Crippen molar-refractivity contribution in [1.82, 2.24) is 14.8 Å². The minimum Gasteiger partial charge on any atom is -0.454 e. The van der Waals surface area contributed by atoms with Gasteiger partial charge in [-0.05, 0) is 67.5 Å². The lowest BCUT2D eigenvalue weighted by molar-refractivity contribution is -0.111. The number of nitriles is 1. The van der Waals surface area contributed by atoms with E-state index in [4.69, 9.17) is 33.2 Å². The fourth-order valence-electron chi connectivity index (χ4n) is 3.13. The fourth-order valence-corrected chi connectivity index (χ4v) is 3.69. The second-order valence-electron chi connectivity index (χ2n) is 9.52. The highest BCUT2D eigenvalue weighted by Crippen LogP contribution is 2.39. The van der Waals surface area contributed by atoms with Gasteiger partial charge in [0.2, 0.25) is 5.69 Å². The number of ether oxygens (including phenoxy) is 1. The van der Waals surface area contributed by atoms with Gasteiger partial charge in [0, 0.05) is 5.57 Å². The summed E-state index contributed by atoms with van der Waals surface area (Å²) >= 11 is 12.7. The molecule has 1 aromatic heterocycles. The van der Waals surface area contributed by atoms with Crippen molar-refractivity contribution < 1.29 is 9.53 Å². The zero-order valence-electron chi connectivity index (χ0n) is 23.1. The molecule has 8 nitrogen and oxygen atoms in total. The van der Waals surface area contributed by atoms with Gasteiger partial charge in [0.1, 0.15) is 11.8 Å². The number of ketones is 1. The van der Waals surface area contributed by atoms with Crippen molar-refractivity contribution in [2.24, 2.45) is 11.8 Å². The molecule has 3 aromatic rings. The van der Waals surface area contributed by atoms with Crippen molar-refractivity contribution in [3.05, 3.63) is 84.1 Å². The van der Waals surface area contributed by atoms with Crippen molar-refractivity contribution in [1.29, 1.82) is 5.26 Å². The molecule has 0 radical (unpaired) electrons. The second-order valence-corrected chi connectivity index (χ2v) is 10.3. The molecule has 0 unspecified atom stereocenters. The summed E-state index contributed by atoms with van der Waals surface area (Å²) in [5.41, 5.74) is 0.112. The summed E-state index contributed by atoms with van der Waals surface area (Å²) in [5.74, 6) is 2.17. The van der Waals surface area contributed by atoms with Gasteiger partial charge in [-0.1, -0.05) is 70.0 Å². The number of carbonyl (C=O) groups is 1. The number of hydrogen-bond donors (Lipinski definition) is 1. The van der Waals surface area contributed by atoms with Gasteiger partial charge in [-0.2, -0.15) is 9.94 Å². The van der Waals surface area contributed by atoms with Crippen LogP contribution in [0.4, 0.5) is 0 Å². The van der Waals surface area contributed by atoms with Crippen molar-refractivity contribution in [2.75, 3.05) is 0 Å². The van der Waals surface area contributed by atoms with Gasteiger partial charge in [-0.25, -0.2) is 4.79 Å². The molecule has 0 saturated heterocycles. The first-order valence-corrected chi connectivity index (χ1v) is 13.2. The van der Waals surface area contributed by atoms with E-state index in [1.54, 1.807) is 18.2 Å². The number of allylic oxidation sites excluding steroid dienone is 2. The Hall–Kier alpha value is -3.67. The minimum atomic E-state index is -0.895. The number of carbonyl (C=O) groups excluding carboxylic acids is 1. The smallest absolute Gasteiger partial charge is 0.349 e. The molecule has 0 atom stereocenters. The van der Waals surface area contributed by atoms with Crippen LogP contribution in [-0.4, -0.2) is 20.5 Å². The molecule has 0 amide bonds. The average Bonchev–Trinajstić information content (AvgIpc) is 2.86. The molecule has 0 spiro atoms. The van der Waals surface area contributed by atoms with Crippen LogP contribution in [-0.2, 0) is 4.79 Å². The number of aromatic amines is 1. The van der Waals surface area contributed by atoms with Crippen LogP contribution < -0.4 is 16.0 Å². The largest absolute Gasteiger partial charge is 0.454 e. The molecule has 1 N–H and O–H groups in total. The fraction of sp³-hybridized carbons (Fsp3) is 0.345. The Balaban J connectivity index is 0.000000798. The molecule has 39 heavy (non-hydrogen) atoms. The first-order valence-electron chi connectivity index (χ1n) is 12.4. The van der Waals surface area contributed by atoms with Crippen molar-refractivity contribution >= 4 is 34.6 Å². The van der Waals surface area contributed by atoms with Gasteiger partial charge in [0.25, 0.3) is 5.56 Å². The van der Waals surface area contributed by atoms with Crippen molar-refractivity contribution in [2.45, 2.75) is 54.9 Å². The van der Waals surface area contributed by atoms with Crippen LogP contribution in [0.5, 0.6) is 11.5 Å². The molecule has 1 heterocycles. The topological polar surface area (TPSA) is 118 Å². The lowest BCUT2D eigenvalue weighted by Gasteiger charge is -2.14. The minimum absolute atomic E-state index is 0.0619. The zero-order valence-corrected chi connectivity index (χ0v) is 24.6. The molecule has 10 heteroatoms. The van der Waals surface area contributed by atoms with E-state index in [1.165, 1.54) is 19.1 Å². The number of halogens is 2. The van der Waals surface area contributed by atoms with E-state index < -0.39 is 16.9 Å². The lowest BCUT2D eigenvalue weighted by atomic mass is 9.96. The predicted octanol–water partition coefficient (Wildman–Crippen LogP) is 6.88. The normalized spacial score (nSPS) is 11.2. The highest BCUT2D eigenvalue weighted by molar-refractivity contribution is 6.37. The van der Waals surface area contributed by atoms with Crippen molar-refractivity contribution in [3.63, 3.8) is 0 Å². The summed E-state index contributed by atoms with van der Waals surface area (Å²) in [6, 6.07) is 9.60. The van der Waals surface area contributed by atoms with Crippen LogP contribution in [0.2, 0.25) is 10.0 Å².